The number of aromatic nitrogens is 2. The monoisotopic (exact) mass is 304 g/mol. The highest BCUT2D eigenvalue weighted by atomic mass is 32.1. The van der Waals surface area contributed by atoms with Crippen molar-refractivity contribution in [3.05, 3.63) is 57.1 Å². The molecule has 0 fully saturated rings. The van der Waals surface area contributed by atoms with Crippen LogP contribution in [0.15, 0.2) is 35.8 Å². The van der Waals surface area contributed by atoms with E-state index in [0.717, 1.165) is 11.1 Å². The Bertz CT molecular complexity index is 796. The second-order valence-corrected chi connectivity index (χ2v) is 5.30. The number of hydrogen-bond donors (Lipinski definition) is 2. The molecule has 2 aromatic heterocycles. The summed E-state index contributed by atoms with van der Waals surface area (Å²) in [6, 6.07) is 7.38. The van der Waals surface area contributed by atoms with Crippen molar-refractivity contribution in [3.63, 3.8) is 0 Å². The number of anilines is 1. The van der Waals surface area contributed by atoms with Gasteiger partial charge in [-0.15, -0.1) is 0 Å². The zero-order valence-electron chi connectivity index (χ0n) is 10.9. The maximum atomic E-state index is 11.2. The third kappa shape index (κ3) is 2.58. The molecule has 3 aromatic rings. The molecule has 108 valence electrons. The van der Waals surface area contributed by atoms with Gasteiger partial charge in [0.1, 0.15) is 6.20 Å². The van der Waals surface area contributed by atoms with Crippen molar-refractivity contribution in [2.45, 2.75) is 13.2 Å². The van der Waals surface area contributed by atoms with Crippen LogP contribution in [-0.2, 0) is 13.2 Å². The van der Waals surface area contributed by atoms with Crippen LogP contribution in [0.1, 0.15) is 11.1 Å². The van der Waals surface area contributed by atoms with E-state index in [-0.39, 0.29) is 18.2 Å². The first-order valence-electron chi connectivity index (χ1n) is 6.21. The highest BCUT2D eigenvalue weighted by Crippen LogP contribution is 2.28. The largest absolute Gasteiger partial charge is 0.392 e. The Morgan fingerprint density at radius 2 is 2.24 bits per heavy atom. The van der Waals surface area contributed by atoms with E-state index in [1.54, 1.807) is 11.6 Å². The van der Waals surface area contributed by atoms with Crippen LogP contribution in [0.25, 0.3) is 4.96 Å². The second-order valence-electron chi connectivity index (χ2n) is 4.43. The van der Waals surface area contributed by atoms with Gasteiger partial charge in [-0.3, -0.25) is 0 Å². The summed E-state index contributed by atoms with van der Waals surface area (Å²) < 4.78 is 1.46. The van der Waals surface area contributed by atoms with Crippen LogP contribution in [0.4, 0.5) is 11.6 Å². The van der Waals surface area contributed by atoms with Gasteiger partial charge in [0, 0.05) is 11.9 Å². The number of nitrogens with one attached hydrogen (secondary N) is 1. The fourth-order valence-electron chi connectivity index (χ4n) is 2.09. The van der Waals surface area contributed by atoms with E-state index < -0.39 is 4.92 Å². The first-order chi connectivity index (χ1) is 10.2. The molecule has 8 heteroatoms. The number of nitro groups is 1. The van der Waals surface area contributed by atoms with E-state index in [0.29, 0.717) is 11.5 Å². The van der Waals surface area contributed by atoms with Crippen LogP contribution >= 0.6 is 11.3 Å². The number of aliphatic hydroxyl groups excluding tert-OH is 1. The molecule has 21 heavy (non-hydrogen) atoms. The van der Waals surface area contributed by atoms with Gasteiger partial charge in [0.25, 0.3) is 4.96 Å². The Balaban J connectivity index is 1.86. The summed E-state index contributed by atoms with van der Waals surface area (Å²) in [7, 11) is 0. The third-order valence-corrected chi connectivity index (χ3v) is 3.80. The molecule has 0 unspecified atom stereocenters. The molecule has 0 atom stereocenters. The number of fused-ring (bicyclic) bond motifs is 1. The SMILES string of the molecule is O=[N+]([O-])c1c(NCc2cccc(CO)c2)nc2sccn12. The molecule has 7 nitrogen and oxygen atoms in total. The Morgan fingerprint density at radius 3 is 3.00 bits per heavy atom. The van der Waals surface area contributed by atoms with Crippen molar-refractivity contribution in [1.82, 2.24) is 9.38 Å². The topological polar surface area (TPSA) is 92.7 Å². The number of rotatable bonds is 5. The molecule has 2 N–H and O–H groups in total. The molecule has 0 bridgehead atoms. The molecule has 0 spiro atoms. The first-order valence-corrected chi connectivity index (χ1v) is 7.09. The minimum absolute atomic E-state index is 0.0335. The highest BCUT2D eigenvalue weighted by Gasteiger charge is 2.23. The quantitative estimate of drug-likeness (QED) is 0.558. The van der Waals surface area contributed by atoms with Crippen LogP contribution in [0.3, 0.4) is 0 Å². The van der Waals surface area contributed by atoms with E-state index in [9.17, 15) is 10.1 Å². The van der Waals surface area contributed by atoms with Crippen molar-refractivity contribution in [2.75, 3.05) is 5.32 Å². The number of benzene rings is 1. The average molecular weight is 304 g/mol. The molecular formula is C13H12N4O3S. The van der Waals surface area contributed by atoms with Crippen molar-refractivity contribution in [1.29, 1.82) is 0 Å². The maximum Gasteiger partial charge on any atom is 0.372 e. The minimum Gasteiger partial charge on any atom is -0.392 e. The van der Waals surface area contributed by atoms with Gasteiger partial charge >= 0.3 is 5.82 Å². The van der Waals surface area contributed by atoms with Crippen molar-refractivity contribution >= 4 is 27.9 Å². The van der Waals surface area contributed by atoms with Crippen LogP contribution < -0.4 is 5.32 Å². The predicted molar refractivity (Wildman–Crippen MR) is 79.4 cm³/mol. The summed E-state index contributed by atoms with van der Waals surface area (Å²) in [6.45, 7) is 0.369. The van der Waals surface area contributed by atoms with Gasteiger partial charge in [-0.05, 0) is 16.1 Å². The van der Waals surface area contributed by atoms with E-state index in [1.807, 2.05) is 24.3 Å². The average Bonchev–Trinajstić information content (AvgIpc) is 3.05. The first kappa shape index (κ1) is 13.5. The van der Waals surface area contributed by atoms with Crippen molar-refractivity contribution < 1.29 is 10.0 Å². The normalized spacial score (nSPS) is 10.9. The maximum absolute atomic E-state index is 11.2. The fourth-order valence-corrected chi connectivity index (χ4v) is 2.80. The van der Waals surface area contributed by atoms with Crippen LogP contribution in [0.5, 0.6) is 0 Å². The summed E-state index contributed by atoms with van der Waals surface area (Å²) in [4.78, 5) is 15.5. The fraction of sp³-hybridized carbons (Fsp3) is 0.154. The second kappa shape index (κ2) is 5.51. The van der Waals surface area contributed by atoms with Gasteiger partial charge in [-0.25, -0.2) is 0 Å². The summed E-state index contributed by atoms with van der Waals surface area (Å²) >= 11 is 1.34. The van der Waals surface area contributed by atoms with E-state index in [4.69, 9.17) is 5.11 Å². The lowest BCUT2D eigenvalue weighted by molar-refractivity contribution is -0.389. The van der Waals surface area contributed by atoms with Crippen LogP contribution in [-0.4, -0.2) is 19.4 Å². The Kier molecular flexibility index (Phi) is 3.55. The molecule has 1 aromatic carbocycles. The number of aliphatic hydroxyl groups is 1. The molecular weight excluding hydrogens is 292 g/mol. The summed E-state index contributed by atoms with van der Waals surface area (Å²) in [6.07, 6.45) is 1.63. The lowest BCUT2D eigenvalue weighted by atomic mass is 10.1. The molecule has 3 rings (SSSR count). The van der Waals surface area contributed by atoms with Gasteiger partial charge < -0.3 is 20.5 Å². The molecule has 0 radical (unpaired) electrons. The number of imidazole rings is 1. The number of hydrogen-bond acceptors (Lipinski definition) is 6. The van der Waals surface area contributed by atoms with Crippen molar-refractivity contribution in [3.8, 4) is 0 Å². The number of nitrogens with zero attached hydrogens (tertiary/aromatic N) is 3. The zero-order chi connectivity index (χ0) is 14.8. The molecule has 0 saturated heterocycles. The van der Waals surface area contributed by atoms with Gasteiger partial charge in [0.2, 0.25) is 5.82 Å². The molecule has 0 aliphatic heterocycles. The highest BCUT2D eigenvalue weighted by molar-refractivity contribution is 7.15. The number of thiazole rings is 1. The summed E-state index contributed by atoms with van der Waals surface area (Å²) in [5.41, 5.74) is 1.72. The summed E-state index contributed by atoms with van der Waals surface area (Å²) in [5, 5.41) is 25.0. The molecule has 0 aliphatic rings. The van der Waals surface area contributed by atoms with E-state index in [1.165, 1.54) is 15.7 Å². The van der Waals surface area contributed by atoms with Gasteiger partial charge in [-0.1, -0.05) is 35.6 Å². The molecule has 0 aliphatic carbocycles. The third-order valence-electron chi connectivity index (χ3n) is 3.04. The van der Waals surface area contributed by atoms with E-state index in [2.05, 4.69) is 10.3 Å². The van der Waals surface area contributed by atoms with Crippen LogP contribution in [0, 0.1) is 10.1 Å². The minimum atomic E-state index is -0.445. The lowest BCUT2D eigenvalue weighted by Crippen LogP contribution is -2.03. The Morgan fingerprint density at radius 1 is 1.43 bits per heavy atom. The molecule has 2 heterocycles. The Labute approximate surface area is 123 Å². The predicted octanol–water partition coefficient (Wildman–Crippen LogP) is 2.41. The standard InChI is InChI=1S/C13H12N4O3S/c18-8-10-3-1-2-9(6-10)7-14-11-12(17(19)20)16-4-5-21-13(16)15-11/h1-6,14,18H,7-8H2. The van der Waals surface area contributed by atoms with Gasteiger partial charge in [-0.2, -0.15) is 9.38 Å². The lowest BCUT2D eigenvalue weighted by Gasteiger charge is -2.05. The smallest absolute Gasteiger partial charge is 0.372 e. The molecule has 0 amide bonds. The van der Waals surface area contributed by atoms with Crippen molar-refractivity contribution in [2.24, 2.45) is 0 Å². The van der Waals surface area contributed by atoms with Gasteiger partial charge in [0.05, 0.1) is 6.61 Å². The zero-order valence-corrected chi connectivity index (χ0v) is 11.7. The van der Waals surface area contributed by atoms with E-state index >= 15 is 0 Å². The molecule has 0 saturated carbocycles. The summed E-state index contributed by atoms with van der Waals surface area (Å²) in [5.74, 6) is 0.186. The van der Waals surface area contributed by atoms with Crippen LogP contribution in [0.2, 0.25) is 0 Å². The Hall–Kier alpha value is -2.45. The van der Waals surface area contributed by atoms with Gasteiger partial charge in [0.15, 0.2) is 0 Å².